The minimum absolute atomic E-state index is 0.0836. The van der Waals surface area contributed by atoms with Crippen LogP contribution >= 0.6 is 15.9 Å². The van der Waals surface area contributed by atoms with Crippen molar-refractivity contribution in [2.45, 2.75) is 18.1 Å². The standard InChI is InChI=1S/C13H16BrNO4S/c1-2-20(18,19)11-10(13(11,7-15)12(16)17)8-3-5-9(14)6-4-8/h3-6,10-11H,2,7,15H2,1H3,(H,16,17)/t10-,11+,13-/m0/s1. The molecular weight excluding hydrogens is 346 g/mol. The zero-order valence-corrected chi connectivity index (χ0v) is 13.3. The third-order valence-corrected chi connectivity index (χ3v) is 6.81. The summed E-state index contributed by atoms with van der Waals surface area (Å²) in [5, 5.41) is 8.52. The third-order valence-electron chi connectivity index (χ3n) is 4.01. The highest BCUT2D eigenvalue weighted by atomic mass is 79.9. The van der Waals surface area contributed by atoms with E-state index in [9.17, 15) is 18.3 Å². The second-order valence-electron chi connectivity index (χ2n) is 4.95. The van der Waals surface area contributed by atoms with E-state index in [-0.39, 0.29) is 12.3 Å². The SMILES string of the molecule is CCS(=O)(=O)[C@@H]1[C@H](c2ccc(Br)cc2)[C@]1(CN)C(=O)O. The Morgan fingerprint density at radius 3 is 2.35 bits per heavy atom. The Morgan fingerprint density at radius 2 is 1.95 bits per heavy atom. The Hall–Kier alpha value is -0.920. The molecule has 1 saturated carbocycles. The van der Waals surface area contributed by atoms with Gasteiger partial charge in [0, 0.05) is 22.7 Å². The first-order valence-corrected chi connectivity index (χ1v) is 8.72. The molecule has 1 aromatic carbocycles. The van der Waals surface area contributed by atoms with Crippen molar-refractivity contribution in [1.82, 2.24) is 0 Å². The second-order valence-corrected chi connectivity index (χ2v) is 8.28. The number of sulfone groups is 1. The average Bonchev–Trinajstić information content (AvgIpc) is 3.11. The minimum Gasteiger partial charge on any atom is -0.481 e. The molecule has 0 spiro atoms. The van der Waals surface area contributed by atoms with Crippen LogP contribution in [0.25, 0.3) is 0 Å². The fourth-order valence-electron chi connectivity index (χ4n) is 2.84. The van der Waals surface area contributed by atoms with Gasteiger partial charge in [-0.05, 0) is 17.7 Å². The van der Waals surface area contributed by atoms with Crippen molar-refractivity contribution in [2.75, 3.05) is 12.3 Å². The highest BCUT2D eigenvalue weighted by molar-refractivity contribution is 9.10. The zero-order chi connectivity index (χ0) is 15.1. The molecule has 0 aromatic heterocycles. The molecule has 0 heterocycles. The lowest BCUT2D eigenvalue weighted by atomic mass is 9.99. The molecule has 0 radical (unpaired) electrons. The number of carbonyl (C=O) groups is 1. The summed E-state index contributed by atoms with van der Waals surface area (Å²) in [7, 11) is -3.47. The molecular formula is C13H16BrNO4S. The van der Waals surface area contributed by atoms with E-state index in [0.29, 0.717) is 5.56 Å². The molecule has 110 valence electrons. The van der Waals surface area contributed by atoms with Crippen molar-refractivity contribution >= 4 is 31.7 Å². The monoisotopic (exact) mass is 361 g/mol. The van der Waals surface area contributed by atoms with Crippen molar-refractivity contribution in [2.24, 2.45) is 11.1 Å². The number of aliphatic carboxylic acids is 1. The van der Waals surface area contributed by atoms with Gasteiger partial charge in [-0.1, -0.05) is 35.0 Å². The summed E-state index contributed by atoms with van der Waals surface area (Å²) in [4.78, 5) is 11.6. The maximum atomic E-state index is 12.2. The highest BCUT2D eigenvalue weighted by Gasteiger charge is 2.74. The van der Waals surface area contributed by atoms with Crippen LogP contribution in [0, 0.1) is 5.41 Å². The van der Waals surface area contributed by atoms with E-state index in [2.05, 4.69) is 15.9 Å². The smallest absolute Gasteiger partial charge is 0.312 e. The molecule has 0 bridgehead atoms. The molecule has 1 aromatic rings. The lowest BCUT2D eigenvalue weighted by molar-refractivity contribution is -0.143. The van der Waals surface area contributed by atoms with E-state index < -0.39 is 32.4 Å². The van der Waals surface area contributed by atoms with E-state index >= 15 is 0 Å². The lowest BCUT2D eigenvalue weighted by Gasteiger charge is -2.09. The van der Waals surface area contributed by atoms with Crippen LogP contribution in [0.15, 0.2) is 28.7 Å². The first kappa shape index (κ1) is 15.5. The summed E-state index contributed by atoms with van der Waals surface area (Å²) in [5.41, 5.74) is 4.91. The van der Waals surface area contributed by atoms with Crippen molar-refractivity contribution in [3.8, 4) is 0 Å². The van der Waals surface area contributed by atoms with Gasteiger partial charge in [0.2, 0.25) is 0 Å². The van der Waals surface area contributed by atoms with Crippen molar-refractivity contribution in [1.29, 1.82) is 0 Å². The summed E-state index contributed by atoms with van der Waals surface area (Å²) in [6.07, 6.45) is 0. The van der Waals surface area contributed by atoms with Gasteiger partial charge in [-0.3, -0.25) is 4.79 Å². The number of hydrogen-bond acceptors (Lipinski definition) is 4. The van der Waals surface area contributed by atoms with E-state index in [4.69, 9.17) is 5.73 Å². The van der Waals surface area contributed by atoms with Crippen LogP contribution in [-0.2, 0) is 14.6 Å². The van der Waals surface area contributed by atoms with Gasteiger partial charge in [0.25, 0.3) is 0 Å². The minimum atomic E-state index is -3.47. The molecule has 7 heteroatoms. The van der Waals surface area contributed by atoms with Crippen LogP contribution in [0.3, 0.4) is 0 Å². The maximum absolute atomic E-state index is 12.2. The maximum Gasteiger partial charge on any atom is 0.312 e. The van der Waals surface area contributed by atoms with E-state index in [0.717, 1.165) is 4.47 Å². The summed E-state index contributed by atoms with van der Waals surface area (Å²) < 4.78 is 25.2. The number of benzene rings is 1. The van der Waals surface area contributed by atoms with Crippen LogP contribution in [0.1, 0.15) is 18.4 Å². The fourth-order valence-corrected chi connectivity index (χ4v) is 5.18. The molecule has 3 N–H and O–H groups in total. The van der Waals surface area contributed by atoms with Gasteiger partial charge >= 0.3 is 5.97 Å². The van der Waals surface area contributed by atoms with Gasteiger partial charge in [-0.2, -0.15) is 0 Å². The first-order valence-electron chi connectivity index (χ1n) is 6.21. The van der Waals surface area contributed by atoms with E-state index in [1.54, 1.807) is 24.3 Å². The molecule has 0 saturated heterocycles. The summed E-state index contributed by atoms with van der Waals surface area (Å²) in [6.45, 7) is 1.34. The van der Waals surface area contributed by atoms with Gasteiger partial charge < -0.3 is 10.8 Å². The molecule has 5 nitrogen and oxygen atoms in total. The molecule has 1 aliphatic rings. The highest BCUT2D eigenvalue weighted by Crippen LogP contribution is 2.62. The topological polar surface area (TPSA) is 97.5 Å². The van der Waals surface area contributed by atoms with Gasteiger partial charge in [0.1, 0.15) is 5.41 Å². The van der Waals surface area contributed by atoms with Gasteiger partial charge in [0.15, 0.2) is 9.84 Å². The van der Waals surface area contributed by atoms with Crippen LogP contribution in [0.2, 0.25) is 0 Å². The van der Waals surface area contributed by atoms with Crippen LogP contribution in [0.4, 0.5) is 0 Å². The number of halogens is 1. The van der Waals surface area contributed by atoms with Crippen molar-refractivity contribution in [3.63, 3.8) is 0 Å². The zero-order valence-electron chi connectivity index (χ0n) is 10.9. The lowest BCUT2D eigenvalue weighted by Crippen LogP contribution is -2.32. The summed E-state index contributed by atoms with van der Waals surface area (Å²) in [6, 6.07) is 7.03. The Balaban J connectivity index is 2.50. The van der Waals surface area contributed by atoms with Crippen LogP contribution < -0.4 is 5.73 Å². The predicted molar refractivity (Wildman–Crippen MR) is 79.3 cm³/mol. The van der Waals surface area contributed by atoms with Gasteiger partial charge in [-0.15, -0.1) is 0 Å². The van der Waals surface area contributed by atoms with Crippen molar-refractivity contribution < 1.29 is 18.3 Å². The quantitative estimate of drug-likeness (QED) is 0.825. The molecule has 1 aliphatic carbocycles. The molecule has 0 unspecified atom stereocenters. The first-order chi connectivity index (χ1) is 9.31. The Kier molecular flexibility index (Phi) is 3.96. The average molecular weight is 362 g/mol. The Labute approximate surface area is 126 Å². The van der Waals surface area contributed by atoms with Gasteiger partial charge in [-0.25, -0.2) is 8.42 Å². The Bertz CT molecular complexity index is 628. The Morgan fingerprint density at radius 1 is 1.40 bits per heavy atom. The largest absolute Gasteiger partial charge is 0.481 e. The molecule has 0 aliphatic heterocycles. The predicted octanol–water partition coefficient (Wildman–Crippen LogP) is 1.38. The van der Waals surface area contributed by atoms with Crippen molar-refractivity contribution in [3.05, 3.63) is 34.3 Å². The van der Waals surface area contributed by atoms with Crippen LogP contribution in [0.5, 0.6) is 0 Å². The second kappa shape index (κ2) is 5.13. The molecule has 3 atom stereocenters. The van der Waals surface area contributed by atoms with E-state index in [1.807, 2.05) is 0 Å². The van der Waals surface area contributed by atoms with Gasteiger partial charge in [0.05, 0.1) is 5.25 Å². The number of rotatable bonds is 5. The molecule has 20 heavy (non-hydrogen) atoms. The molecule has 0 amide bonds. The van der Waals surface area contributed by atoms with Crippen LogP contribution in [-0.4, -0.2) is 37.0 Å². The van der Waals surface area contributed by atoms with E-state index in [1.165, 1.54) is 6.92 Å². The number of carboxylic acid groups (broad SMARTS) is 1. The number of carboxylic acids is 1. The molecule has 2 rings (SSSR count). The number of nitrogens with two attached hydrogens (primary N) is 1. The summed E-state index contributed by atoms with van der Waals surface area (Å²) >= 11 is 3.30. The summed E-state index contributed by atoms with van der Waals surface area (Å²) in [5.74, 6) is -1.81. The number of hydrogen-bond donors (Lipinski definition) is 2. The normalized spacial score (nSPS) is 29.1. The fraction of sp³-hybridized carbons (Fsp3) is 0.462. The third kappa shape index (κ3) is 2.17. The molecule has 1 fully saturated rings.